The molecular formula is C15H25NO. The Hall–Kier alpha value is -0.860. The Kier molecular flexibility index (Phi) is 6.90. The second-order valence-electron chi connectivity index (χ2n) is 4.73. The van der Waals surface area contributed by atoms with E-state index in [1.165, 1.54) is 11.1 Å². The van der Waals surface area contributed by atoms with Gasteiger partial charge in [0, 0.05) is 12.6 Å². The molecule has 0 aliphatic heterocycles. The fraction of sp³-hybridized carbons (Fsp3) is 0.600. The molecule has 17 heavy (non-hydrogen) atoms. The number of benzene rings is 1. The lowest BCUT2D eigenvalue weighted by atomic mass is 10.1. The van der Waals surface area contributed by atoms with E-state index in [0.717, 1.165) is 32.6 Å². The van der Waals surface area contributed by atoms with Gasteiger partial charge in [-0.2, -0.15) is 0 Å². The van der Waals surface area contributed by atoms with Crippen LogP contribution in [0, 0.1) is 0 Å². The zero-order valence-electron chi connectivity index (χ0n) is 11.3. The van der Waals surface area contributed by atoms with Gasteiger partial charge in [-0.25, -0.2) is 0 Å². The van der Waals surface area contributed by atoms with Crippen LogP contribution in [0.4, 0.5) is 0 Å². The summed E-state index contributed by atoms with van der Waals surface area (Å²) in [4.78, 5) is 0. The Bertz CT molecular complexity index is 292. The van der Waals surface area contributed by atoms with Gasteiger partial charge in [-0.1, -0.05) is 45.0 Å². The molecule has 0 atom stereocenters. The fourth-order valence-electron chi connectivity index (χ4n) is 1.64. The lowest BCUT2D eigenvalue weighted by Crippen LogP contribution is -2.24. The van der Waals surface area contributed by atoms with Gasteiger partial charge in [0.05, 0.1) is 6.61 Å². The molecule has 0 radical (unpaired) electrons. The maximum absolute atomic E-state index is 5.51. The summed E-state index contributed by atoms with van der Waals surface area (Å²) in [7, 11) is 0. The van der Waals surface area contributed by atoms with Gasteiger partial charge >= 0.3 is 0 Å². The largest absolute Gasteiger partial charge is 0.377 e. The second kappa shape index (κ2) is 8.26. The van der Waals surface area contributed by atoms with Crippen LogP contribution in [0.5, 0.6) is 0 Å². The highest BCUT2D eigenvalue weighted by Crippen LogP contribution is 2.06. The third-order valence-corrected chi connectivity index (χ3v) is 2.61. The van der Waals surface area contributed by atoms with E-state index in [1.807, 2.05) is 0 Å². The molecule has 2 nitrogen and oxygen atoms in total. The molecule has 0 unspecified atom stereocenters. The van der Waals surface area contributed by atoms with Gasteiger partial charge in [0.1, 0.15) is 0 Å². The predicted octanol–water partition coefficient (Wildman–Crippen LogP) is 3.15. The van der Waals surface area contributed by atoms with Crippen molar-refractivity contribution in [3.8, 4) is 0 Å². The Morgan fingerprint density at radius 3 is 2.35 bits per heavy atom. The molecule has 0 heterocycles. The van der Waals surface area contributed by atoms with Crippen molar-refractivity contribution in [1.82, 2.24) is 5.32 Å². The van der Waals surface area contributed by atoms with E-state index in [2.05, 4.69) is 50.4 Å². The lowest BCUT2D eigenvalue weighted by Gasteiger charge is -2.08. The summed E-state index contributed by atoms with van der Waals surface area (Å²) in [5, 5.41) is 3.43. The predicted molar refractivity (Wildman–Crippen MR) is 73.2 cm³/mol. The van der Waals surface area contributed by atoms with Crippen LogP contribution in [0.15, 0.2) is 24.3 Å². The molecule has 0 saturated carbocycles. The van der Waals surface area contributed by atoms with Crippen molar-refractivity contribution in [3.63, 3.8) is 0 Å². The Balaban J connectivity index is 2.29. The average molecular weight is 235 g/mol. The quantitative estimate of drug-likeness (QED) is 0.699. The molecule has 0 amide bonds. The van der Waals surface area contributed by atoms with Gasteiger partial charge in [-0.05, 0) is 30.5 Å². The summed E-state index contributed by atoms with van der Waals surface area (Å²) in [6.45, 7) is 9.11. The maximum Gasteiger partial charge on any atom is 0.0716 e. The molecule has 1 N–H and O–H groups in total. The van der Waals surface area contributed by atoms with Crippen LogP contribution in [0.1, 0.15) is 38.3 Å². The summed E-state index contributed by atoms with van der Waals surface area (Å²) in [5.41, 5.74) is 2.65. The first-order valence-electron chi connectivity index (χ1n) is 6.61. The van der Waals surface area contributed by atoms with Crippen LogP contribution in [-0.2, 0) is 17.8 Å². The summed E-state index contributed by atoms with van der Waals surface area (Å²) in [5.74, 6) is 0. The molecule has 0 spiro atoms. The van der Waals surface area contributed by atoms with E-state index in [1.54, 1.807) is 0 Å². The first kappa shape index (κ1) is 14.2. The maximum atomic E-state index is 5.51. The van der Waals surface area contributed by atoms with Crippen molar-refractivity contribution < 1.29 is 4.74 Å². The highest BCUT2D eigenvalue weighted by Gasteiger charge is 1.96. The monoisotopic (exact) mass is 235 g/mol. The minimum atomic E-state index is 0.566. The molecule has 0 fully saturated rings. The van der Waals surface area contributed by atoms with Crippen molar-refractivity contribution in [2.75, 3.05) is 13.2 Å². The third-order valence-electron chi connectivity index (χ3n) is 2.61. The van der Waals surface area contributed by atoms with Crippen LogP contribution in [0.3, 0.4) is 0 Å². The van der Waals surface area contributed by atoms with Crippen LogP contribution >= 0.6 is 0 Å². The standard InChI is InChI=1S/C15H25NO/c1-4-11-17-12-15-7-5-14(6-8-15)9-10-16-13(2)3/h5-8,13,16H,4,9-12H2,1-3H3. The van der Waals surface area contributed by atoms with Crippen molar-refractivity contribution in [1.29, 1.82) is 0 Å². The van der Waals surface area contributed by atoms with Crippen LogP contribution in [0.25, 0.3) is 0 Å². The smallest absolute Gasteiger partial charge is 0.0716 e. The van der Waals surface area contributed by atoms with E-state index in [-0.39, 0.29) is 0 Å². The summed E-state index contributed by atoms with van der Waals surface area (Å²) in [6.07, 6.45) is 2.17. The highest BCUT2D eigenvalue weighted by atomic mass is 16.5. The van der Waals surface area contributed by atoms with Gasteiger partial charge in [0.25, 0.3) is 0 Å². The number of rotatable bonds is 8. The number of hydrogen-bond acceptors (Lipinski definition) is 2. The molecule has 0 bridgehead atoms. The van der Waals surface area contributed by atoms with Crippen LogP contribution < -0.4 is 5.32 Å². The van der Waals surface area contributed by atoms with Gasteiger partial charge in [-0.3, -0.25) is 0 Å². The minimum absolute atomic E-state index is 0.566. The van der Waals surface area contributed by atoms with E-state index in [0.29, 0.717) is 6.04 Å². The van der Waals surface area contributed by atoms with Crippen LogP contribution in [-0.4, -0.2) is 19.2 Å². The molecule has 0 aliphatic rings. The fourth-order valence-corrected chi connectivity index (χ4v) is 1.64. The molecule has 1 aromatic carbocycles. The lowest BCUT2D eigenvalue weighted by molar-refractivity contribution is 0.121. The third kappa shape index (κ3) is 6.44. The Labute approximate surface area is 105 Å². The van der Waals surface area contributed by atoms with Gasteiger partial charge in [0.2, 0.25) is 0 Å². The van der Waals surface area contributed by atoms with Crippen molar-refractivity contribution in [2.45, 2.75) is 46.3 Å². The average Bonchev–Trinajstić information content (AvgIpc) is 2.31. The highest BCUT2D eigenvalue weighted by molar-refractivity contribution is 5.22. The number of ether oxygens (including phenoxy) is 1. The normalized spacial score (nSPS) is 11.1. The molecule has 0 aliphatic carbocycles. The van der Waals surface area contributed by atoms with Crippen molar-refractivity contribution in [3.05, 3.63) is 35.4 Å². The van der Waals surface area contributed by atoms with E-state index >= 15 is 0 Å². The van der Waals surface area contributed by atoms with Gasteiger partial charge in [-0.15, -0.1) is 0 Å². The molecule has 96 valence electrons. The molecule has 2 heteroatoms. The molecule has 0 aromatic heterocycles. The van der Waals surface area contributed by atoms with Gasteiger partial charge < -0.3 is 10.1 Å². The van der Waals surface area contributed by atoms with E-state index in [4.69, 9.17) is 4.74 Å². The minimum Gasteiger partial charge on any atom is -0.377 e. The number of nitrogens with one attached hydrogen (secondary N) is 1. The molecular weight excluding hydrogens is 210 g/mol. The molecule has 1 rings (SSSR count). The van der Waals surface area contributed by atoms with Crippen molar-refractivity contribution in [2.24, 2.45) is 0 Å². The summed E-state index contributed by atoms with van der Waals surface area (Å²) >= 11 is 0. The second-order valence-corrected chi connectivity index (χ2v) is 4.73. The molecule has 0 saturated heterocycles. The zero-order valence-corrected chi connectivity index (χ0v) is 11.3. The summed E-state index contributed by atoms with van der Waals surface area (Å²) < 4.78 is 5.51. The van der Waals surface area contributed by atoms with Crippen molar-refractivity contribution >= 4 is 0 Å². The van der Waals surface area contributed by atoms with E-state index < -0.39 is 0 Å². The zero-order chi connectivity index (χ0) is 12.5. The topological polar surface area (TPSA) is 21.3 Å². The first-order chi connectivity index (χ1) is 8.22. The Morgan fingerprint density at radius 2 is 1.76 bits per heavy atom. The molecule has 1 aromatic rings. The Morgan fingerprint density at radius 1 is 1.12 bits per heavy atom. The number of hydrogen-bond donors (Lipinski definition) is 1. The van der Waals surface area contributed by atoms with Gasteiger partial charge in [0.15, 0.2) is 0 Å². The first-order valence-corrected chi connectivity index (χ1v) is 6.61. The van der Waals surface area contributed by atoms with E-state index in [9.17, 15) is 0 Å². The SMILES string of the molecule is CCCOCc1ccc(CCNC(C)C)cc1. The summed E-state index contributed by atoms with van der Waals surface area (Å²) in [6, 6.07) is 9.30. The van der Waals surface area contributed by atoms with Crippen LogP contribution in [0.2, 0.25) is 0 Å².